The Bertz CT molecular complexity index is 1570. The zero-order valence-electron chi connectivity index (χ0n) is 18.2. The molecule has 3 N–H and O–H groups in total. The number of oxazole rings is 1. The lowest BCUT2D eigenvalue weighted by Gasteiger charge is -2.15. The molecule has 1 atom stereocenters. The molecular weight excluding hydrogens is 450 g/mol. The van der Waals surface area contributed by atoms with E-state index in [2.05, 4.69) is 4.98 Å². The number of rotatable bonds is 6. The molecule has 0 bridgehead atoms. The van der Waals surface area contributed by atoms with Gasteiger partial charge in [-0.2, -0.15) is 0 Å². The molecule has 0 saturated heterocycles. The summed E-state index contributed by atoms with van der Waals surface area (Å²) in [5.41, 5.74) is 3.15. The SMILES string of the molecule is O=C(O)c1ccc(C(O)c2cc3cc(C(=O)OCc4ccc5ocnc5c4)ccc3cc2O)cc1. The Morgan fingerprint density at radius 1 is 0.914 bits per heavy atom. The summed E-state index contributed by atoms with van der Waals surface area (Å²) in [6.07, 6.45) is 0.160. The minimum atomic E-state index is -1.19. The number of benzene rings is 4. The van der Waals surface area contributed by atoms with Gasteiger partial charge in [-0.05, 0) is 70.4 Å². The summed E-state index contributed by atoms with van der Waals surface area (Å²) in [5.74, 6) is -1.71. The number of ether oxygens (including phenoxy) is 1. The van der Waals surface area contributed by atoms with Crippen LogP contribution in [0, 0.1) is 0 Å². The van der Waals surface area contributed by atoms with Crippen LogP contribution in [0.25, 0.3) is 21.9 Å². The van der Waals surface area contributed by atoms with E-state index in [-0.39, 0.29) is 23.5 Å². The predicted octanol–water partition coefficient (Wildman–Crippen LogP) is 4.82. The molecule has 174 valence electrons. The van der Waals surface area contributed by atoms with Gasteiger partial charge < -0.3 is 24.5 Å². The number of aromatic hydroxyl groups is 1. The number of aliphatic hydroxyl groups excluding tert-OH is 1. The second-order valence-electron chi connectivity index (χ2n) is 8.03. The number of nitrogens with zero attached hydrogens (tertiary/aromatic N) is 1. The summed E-state index contributed by atoms with van der Waals surface area (Å²) in [5, 5.41) is 31.6. The standard InChI is InChI=1S/C27H19NO7/c29-23-12-18-6-7-19(27(33)34-13-15-1-8-24-22(9-15)28-14-35-24)10-20(18)11-21(23)25(30)16-2-4-17(5-3-16)26(31)32/h1-12,14,25,29-30H,13H2,(H,31,32). The highest BCUT2D eigenvalue weighted by atomic mass is 16.5. The molecule has 0 amide bonds. The first-order valence-corrected chi connectivity index (χ1v) is 10.7. The van der Waals surface area contributed by atoms with Crippen molar-refractivity contribution in [1.29, 1.82) is 0 Å². The molecule has 0 saturated carbocycles. The minimum Gasteiger partial charge on any atom is -0.508 e. The first kappa shape index (κ1) is 22.1. The predicted molar refractivity (Wildman–Crippen MR) is 126 cm³/mol. The van der Waals surface area contributed by atoms with Crippen LogP contribution in [0.15, 0.2) is 83.6 Å². The summed E-state index contributed by atoms with van der Waals surface area (Å²) < 4.78 is 10.7. The topological polar surface area (TPSA) is 130 Å². The normalized spacial score (nSPS) is 12.0. The van der Waals surface area contributed by atoms with E-state index in [1.54, 1.807) is 42.5 Å². The van der Waals surface area contributed by atoms with E-state index in [4.69, 9.17) is 14.3 Å². The lowest BCUT2D eigenvalue weighted by atomic mass is 9.96. The first-order chi connectivity index (χ1) is 16.9. The fraction of sp³-hybridized carbons (Fsp3) is 0.0741. The van der Waals surface area contributed by atoms with Crippen molar-refractivity contribution in [2.75, 3.05) is 0 Å². The molecular formula is C27H19NO7. The Kier molecular flexibility index (Phi) is 5.64. The van der Waals surface area contributed by atoms with Gasteiger partial charge in [0, 0.05) is 5.56 Å². The number of hydrogen-bond acceptors (Lipinski definition) is 7. The van der Waals surface area contributed by atoms with Crippen LogP contribution in [0.2, 0.25) is 0 Å². The third-order valence-corrected chi connectivity index (χ3v) is 5.75. The number of carboxylic acids is 1. The van der Waals surface area contributed by atoms with Crippen molar-refractivity contribution in [3.05, 3.63) is 107 Å². The number of aliphatic hydroxyl groups is 1. The Morgan fingerprint density at radius 2 is 1.69 bits per heavy atom. The lowest BCUT2D eigenvalue weighted by Crippen LogP contribution is -2.05. The zero-order valence-corrected chi connectivity index (χ0v) is 18.2. The molecule has 8 heteroatoms. The van der Waals surface area contributed by atoms with E-state index in [1.165, 1.54) is 36.7 Å². The second kappa shape index (κ2) is 8.92. The highest BCUT2D eigenvalue weighted by Crippen LogP contribution is 2.33. The molecule has 5 rings (SSSR count). The van der Waals surface area contributed by atoms with E-state index in [1.807, 2.05) is 0 Å². The number of carbonyl (C=O) groups is 2. The van der Waals surface area contributed by atoms with E-state index in [0.717, 1.165) is 5.56 Å². The van der Waals surface area contributed by atoms with Crippen molar-refractivity contribution in [3.8, 4) is 5.75 Å². The van der Waals surface area contributed by atoms with Crippen LogP contribution in [0.5, 0.6) is 5.75 Å². The van der Waals surface area contributed by atoms with Gasteiger partial charge in [0.25, 0.3) is 0 Å². The molecule has 5 aromatic rings. The van der Waals surface area contributed by atoms with Crippen molar-refractivity contribution in [2.45, 2.75) is 12.7 Å². The lowest BCUT2D eigenvalue weighted by molar-refractivity contribution is 0.0472. The molecule has 1 unspecified atom stereocenters. The summed E-state index contributed by atoms with van der Waals surface area (Å²) >= 11 is 0. The third kappa shape index (κ3) is 4.42. The molecule has 0 aliphatic carbocycles. The number of aromatic nitrogens is 1. The Balaban J connectivity index is 1.37. The first-order valence-electron chi connectivity index (χ1n) is 10.7. The van der Waals surface area contributed by atoms with E-state index < -0.39 is 18.0 Å². The highest BCUT2D eigenvalue weighted by molar-refractivity contribution is 5.96. The average Bonchev–Trinajstić information content (AvgIpc) is 3.34. The van der Waals surface area contributed by atoms with Gasteiger partial charge in [0.2, 0.25) is 0 Å². The zero-order chi connectivity index (χ0) is 24.5. The molecule has 0 radical (unpaired) electrons. The van der Waals surface area contributed by atoms with Crippen LogP contribution < -0.4 is 0 Å². The summed E-state index contributed by atoms with van der Waals surface area (Å²) in [4.78, 5) is 27.8. The maximum Gasteiger partial charge on any atom is 0.338 e. The van der Waals surface area contributed by atoms with Crippen LogP contribution in [0.3, 0.4) is 0 Å². The van der Waals surface area contributed by atoms with E-state index in [9.17, 15) is 19.8 Å². The van der Waals surface area contributed by atoms with Gasteiger partial charge in [-0.25, -0.2) is 14.6 Å². The molecule has 4 aromatic carbocycles. The fourth-order valence-corrected chi connectivity index (χ4v) is 3.86. The molecule has 0 spiro atoms. The molecule has 1 aromatic heterocycles. The average molecular weight is 469 g/mol. The highest BCUT2D eigenvalue weighted by Gasteiger charge is 2.17. The smallest absolute Gasteiger partial charge is 0.338 e. The second-order valence-corrected chi connectivity index (χ2v) is 8.03. The number of aromatic carboxylic acids is 1. The largest absolute Gasteiger partial charge is 0.508 e. The minimum absolute atomic E-state index is 0.0611. The van der Waals surface area contributed by atoms with Gasteiger partial charge in [-0.3, -0.25) is 0 Å². The van der Waals surface area contributed by atoms with Crippen LogP contribution in [0.1, 0.15) is 43.5 Å². The number of fused-ring (bicyclic) bond motifs is 2. The van der Waals surface area contributed by atoms with Crippen molar-refractivity contribution in [2.24, 2.45) is 0 Å². The molecule has 35 heavy (non-hydrogen) atoms. The number of carboxylic acid groups (broad SMARTS) is 1. The van der Waals surface area contributed by atoms with Gasteiger partial charge in [0.15, 0.2) is 12.0 Å². The van der Waals surface area contributed by atoms with Crippen molar-refractivity contribution in [3.63, 3.8) is 0 Å². The van der Waals surface area contributed by atoms with Crippen molar-refractivity contribution < 1.29 is 34.1 Å². The number of phenols is 1. The molecule has 0 aliphatic heterocycles. The Hall–Kier alpha value is -4.69. The van der Waals surface area contributed by atoms with Crippen LogP contribution in [-0.4, -0.2) is 32.2 Å². The molecule has 0 aliphatic rings. The van der Waals surface area contributed by atoms with Crippen molar-refractivity contribution >= 4 is 33.8 Å². The van der Waals surface area contributed by atoms with Crippen LogP contribution >= 0.6 is 0 Å². The van der Waals surface area contributed by atoms with Gasteiger partial charge in [0.05, 0.1) is 11.1 Å². The summed E-state index contributed by atoms with van der Waals surface area (Å²) in [6.45, 7) is 0.0611. The molecule has 1 heterocycles. The Labute approximate surface area is 198 Å². The monoisotopic (exact) mass is 469 g/mol. The van der Waals surface area contributed by atoms with E-state index in [0.29, 0.717) is 33.0 Å². The summed E-state index contributed by atoms with van der Waals surface area (Å²) in [7, 11) is 0. The fourth-order valence-electron chi connectivity index (χ4n) is 3.86. The van der Waals surface area contributed by atoms with Gasteiger partial charge in [-0.1, -0.05) is 24.3 Å². The number of phenolic OH excluding ortho intramolecular Hbond substituents is 1. The Morgan fingerprint density at radius 3 is 2.46 bits per heavy atom. The number of hydrogen-bond donors (Lipinski definition) is 3. The quantitative estimate of drug-likeness (QED) is 0.302. The van der Waals surface area contributed by atoms with Gasteiger partial charge >= 0.3 is 11.9 Å². The van der Waals surface area contributed by atoms with Gasteiger partial charge in [0.1, 0.15) is 24.0 Å². The number of carbonyl (C=O) groups excluding carboxylic acids is 1. The maximum atomic E-state index is 12.7. The van der Waals surface area contributed by atoms with Crippen molar-refractivity contribution in [1.82, 2.24) is 4.98 Å². The molecule has 8 nitrogen and oxygen atoms in total. The third-order valence-electron chi connectivity index (χ3n) is 5.75. The van der Waals surface area contributed by atoms with Crippen LogP contribution in [0.4, 0.5) is 0 Å². The van der Waals surface area contributed by atoms with Crippen LogP contribution in [-0.2, 0) is 11.3 Å². The molecule has 0 fully saturated rings. The number of esters is 1. The van der Waals surface area contributed by atoms with Gasteiger partial charge in [-0.15, -0.1) is 0 Å². The van der Waals surface area contributed by atoms with E-state index >= 15 is 0 Å². The maximum absolute atomic E-state index is 12.7. The summed E-state index contributed by atoms with van der Waals surface area (Å²) in [6, 6.07) is 19.1.